The maximum Gasteiger partial charge on any atom is 0.293 e. The molecule has 5 aromatic rings. The fraction of sp³-hybridized carbons (Fsp3) is 0.326. The second-order valence-corrected chi connectivity index (χ2v) is 16.8. The number of nitro benzene ring substituents is 1. The van der Waals surface area contributed by atoms with Gasteiger partial charge in [0.25, 0.3) is 11.6 Å². The zero-order valence-electron chi connectivity index (χ0n) is 34.6. The van der Waals surface area contributed by atoms with Crippen LogP contribution in [0, 0.1) is 16.0 Å². The van der Waals surface area contributed by atoms with Crippen molar-refractivity contribution in [2.45, 2.75) is 37.1 Å². The van der Waals surface area contributed by atoms with Gasteiger partial charge < -0.3 is 20.2 Å². The van der Waals surface area contributed by atoms with Crippen molar-refractivity contribution >= 4 is 58.3 Å². The highest BCUT2D eigenvalue weighted by molar-refractivity contribution is 7.99. The number of rotatable bonds is 16. The Morgan fingerprint density at radius 3 is 2.17 bits per heavy atom. The van der Waals surface area contributed by atoms with Gasteiger partial charge in [-0.15, -0.1) is 11.8 Å². The van der Waals surface area contributed by atoms with Gasteiger partial charge in [0.1, 0.15) is 5.69 Å². The molecular formula is C46H57ClN6O4S2. The van der Waals surface area contributed by atoms with Crippen LogP contribution in [0.4, 0.5) is 17.1 Å². The minimum atomic E-state index is -0.405. The molecule has 1 fully saturated rings. The molecule has 0 saturated carbocycles. The standard InChI is InChI=1S/C38H36ClN5O3S2.C7H17N.CH4O/c39-31-14-10-28(11-15-31)35-9-5-4-6-30(35)27-42-21-23-43(24-22-42)32-16-12-29(13-17-32)38(45)41-49-34-18-19-36(37(26-34)44(46)47)40-20-25-48-33-7-2-1-3-8-33;1-5-8(4)6-7(2)3;1-2/h1-19,26,40H,20-25,27H2,(H,41,45);7H,5-6H2,1-4H3;2H,1H3. The van der Waals surface area contributed by atoms with Gasteiger partial charge in [-0.3, -0.25) is 24.5 Å². The van der Waals surface area contributed by atoms with Crippen LogP contribution in [0.3, 0.4) is 0 Å². The number of aliphatic hydroxyl groups is 1. The molecule has 1 saturated heterocycles. The summed E-state index contributed by atoms with van der Waals surface area (Å²) in [6.45, 7) is 14.1. The second kappa shape index (κ2) is 25.2. The van der Waals surface area contributed by atoms with Crippen molar-refractivity contribution in [3.63, 3.8) is 0 Å². The Labute approximate surface area is 363 Å². The Kier molecular flexibility index (Phi) is 20.1. The molecule has 0 spiro atoms. The first-order valence-electron chi connectivity index (χ1n) is 19.8. The van der Waals surface area contributed by atoms with Crippen LogP contribution in [0.15, 0.2) is 131 Å². The van der Waals surface area contributed by atoms with Crippen LogP contribution in [0.1, 0.15) is 36.7 Å². The molecule has 3 N–H and O–H groups in total. The lowest BCUT2D eigenvalue weighted by Crippen LogP contribution is -2.46. The van der Waals surface area contributed by atoms with E-state index >= 15 is 0 Å². The quantitative estimate of drug-likeness (QED) is 0.0291. The van der Waals surface area contributed by atoms with E-state index in [1.54, 1.807) is 23.9 Å². The molecule has 0 atom stereocenters. The number of amides is 1. The van der Waals surface area contributed by atoms with Crippen LogP contribution >= 0.6 is 35.3 Å². The third-order valence-corrected chi connectivity index (χ3v) is 11.5. The van der Waals surface area contributed by atoms with E-state index < -0.39 is 4.92 Å². The zero-order chi connectivity index (χ0) is 42.6. The van der Waals surface area contributed by atoms with Crippen molar-refractivity contribution in [3.05, 3.63) is 148 Å². The van der Waals surface area contributed by atoms with Gasteiger partial charge in [0.2, 0.25) is 0 Å². The first kappa shape index (κ1) is 47.1. The van der Waals surface area contributed by atoms with E-state index in [1.807, 2.05) is 66.7 Å². The van der Waals surface area contributed by atoms with Crippen LogP contribution in [0.25, 0.3) is 11.1 Å². The van der Waals surface area contributed by atoms with Gasteiger partial charge >= 0.3 is 0 Å². The number of hydrogen-bond acceptors (Lipinski definition) is 10. The van der Waals surface area contributed by atoms with Crippen molar-refractivity contribution in [1.29, 1.82) is 0 Å². The maximum atomic E-state index is 12.9. The fourth-order valence-electron chi connectivity index (χ4n) is 6.46. The van der Waals surface area contributed by atoms with E-state index in [1.165, 1.54) is 23.7 Å². The number of anilines is 2. The number of hydrogen-bond donors (Lipinski definition) is 3. The van der Waals surface area contributed by atoms with E-state index in [0.717, 1.165) is 91.2 Å². The van der Waals surface area contributed by atoms with Gasteiger partial charge in [0, 0.05) is 90.8 Å². The summed E-state index contributed by atoms with van der Waals surface area (Å²) < 4.78 is 2.82. The minimum Gasteiger partial charge on any atom is -0.400 e. The first-order chi connectivity index (χ1) is 28.6. The van der Waals surface area contributed by atoms with E-state index in [2.05, 4.69) is 89.0 Å². The normalized spacial score (nSPS) is 12.6. The molecule has 0 unspecified atom stereocenters. The largest absolute Gasteiger partial charge is 0.400 e. The number of thioether (sulfide) groups is 1. The molecule has 1 amide bonds. The highest BCUT2D eigenvalue weighted by atomic mass is 35.5. The lowest BCUT2D eigenvalue weighted by atomic mass is 9.99. The first-order valence-corrected chi connectivity index (χ1v) is 22.0. The third kappa shape index (κ3) is 15.5. The van der Waals surface area contributed by atoms with E-state index in [-0.39, 0.29) is 11.6 Å². The van der Waals surface area contributed by atoms with Gasteiger partial charge in [-0.1, -0.05) is 87.0 Å². The molecule has 0 radical (unpaired) electrons. The number of carbonyl (C=O) groups is 1. The summed E-state index contributed by atoms with van der Waals surface area (Å²) in [6.07, 6.45) is 0. The number of benzene rings is 5. The van der Waals surface area contributed by atoms with Crippen LogP contribution in [0.2, 0.25) is 5.02 Å². The number of piperazine rings is 1. The van der Waals surface area contributed by atoms with Crippen molar-refractivity contribution in [2.24, 2.45) is 5.92 Å². The van der Waals surface area contributed by atoms with Crippen LogP contribution in [0.5, 0.6) is 0 Å². The molecule has 1 heterocycles. The Morgan fingerprint density at radius 2 is 1.54 bits per heavy atom. The predicted octanol–water partition coefficient (Wildman–Crippen LogP) is 10.1. The van der Waals surface area contributed by atoms with Crippen LogP contribution in [-0.2, 0) is 6.54 Å². The smallest absolute Gasteiger partial charge is 0.293 e. The molecule has 59 heavy (non-hydrogen) atoms. The lowest BCUT2D eigenvalue weighted by Gasteiger charge is -2.36. The van der Waals surface area contributed by atoms with Crippen LogP contribution < -0.4 is 14.9 Å². The number of carbonyl (C=O) groups excluding carboxylic acids is 1. The summed E-state index contributed by atoms with van der Waals surface area (Å²) in [7, 11) is 3.15. The predicted molar refractivity (Wildman–Crippen MR) is 249 cm³/mol. The summed E-state index contributed by atoms with van der Waals surface area (Å²) in [5.74, 6) is 1.31. The number of nitrogens with zero attached hydrogens (tertiary/aromatic N) is 4. The van der Waals surface area contributed by atoms with Gasteiger partial charge in [0.15, 0.2) is 0 Å². The summed E-state index contributed by atoms with van der Waals surface area (Å²) in [6, 6.07) is 39.1. The SMILES string of the molecule is CCN(C)CC(C)C.CO.O=C(NSc1ccc(NCCSc2ccccc2)c([N+](=O)[O-])c1)c1ccc(N2CCN(Cc3ccccc3-c3ccc(Cl)cc3)CC2)cc1. The fourth-order valence-corrected chi connectivity index (χ4v) is 8.01. The molecule has 1 aliphatic heterocycles. The van der Waals surface area contributed by atoms with E-state index in [0.29, 0.717) is 22.7 Å². The van der Waals surface area contributed by atoms with Gasteiger partial charge in [-0.25, -0.2) is 0 Å². The average molecular weight is 858 g/mol. The van der Waals surface area contributed by atoms with Crippen molar-refractivity contribution in [3.8, 4) is 11.1 Å². The Morgan fingerprint density at radius 1 is 0.881 bits per heavy atom. The van der Waals surface area contributed by atoms with E-state index in [9.17, 15) is 14.9 Å². The number of nitrogens with one attached hydrogen (secondary N) is 2. The molecule has 6 rings (SSSR count). The number of nitro groups is 1. The van der Waals surface area contributed by atoms with E-state index in [4.69, 9.17) is 16.7 Å². The molecule has 0 aliphatic carbocycles. The molecule has 5 aromatic carbocycles. The van der Waals surface area contributed by atoms with Crippen molar-refractivity contribution in [2.75, 3.05) is 75.9 Å². The third-order valence-electron chi connectivity index (χ3n) is 9.51. The number of halogens is 1. The number of aliphatic hydroxyl groups excluding tert-OH is 1. The van der Waals surface area contributed by atoms with Crippen molar-refractivity contribution in [1.82, 2.24) is 14.5 Å². The Bertz CT molecular complexity index is 2020. The molecule has 10 nitrogen and oxygen atoms in total. The van der Waals surface area contributed by atoms with Gasteiger partial charge in [-0.05, 0) is 109 Å². The van der Waals surface area contributed by atoms with Gasteiger partial charge in [0.05, 0.1) is 4.92 Å². The molecule has 0 bridgehead atoms. The highest BCUT2D eigenvalue weighted by Crippen LogP contribution is 2.31. The summed E-state index contributed by atoms with van der Waals surface area (Å²) in [4.78, 5) is 33.2. The molecular weight excluding hydrogens is 800 g/mol. The topological polar surface area (TPSA) is 114 Å². The molecule has 314 valence electrons. The van der Waals surface area contributed by atoms with Crippen molar-refractivity contribution < 1.29 is 14.8 Å². The summed E-state index contributed by atoms with van der Waals surface area (Å²) in [5, 5.41) is 22.7. The van der Waals surface area contributed by atoms with Gasteiger partial charge in [-0.2, -0.15) is 0 Å². The van der Waals surface area contributed by atoms with Crippen LogP contribution in [-0.4, -0.2) is 91.5 Å². The average Bonchev–Trinajstić information content (AvgIpc) is 3.26. The Hall–Kier alpha value is -4.56. The zero-order valence-corrected chi connectivity index (χ0v) is 37.0. The monoisotopic (exact) mass is 856 g/mol. The molecule has 0 aromatic heterocycles. The maximum absolute atomic E-state index is 12.9. The minimum absolute atomic E-state index is 0.0285. The second-order valence-electron chi connectivity index (χ2n) is 14.3. The highest BCUT2D eigenvalue weighted by Gasteiger charge is 2.20. The summed E-state index contributed by atoms with van der Waals surface area (Å²) >= 11 is 8.86. The Balaban J connectivity index is 0.000000689. The summed E-state index contributed by atoms with van der Waals surface area (Å²) in [5.41, 5.74) is 5.71. The molecule has 13 heteroatoms. The molecule has 1 aliphatic rings. The lowest BCUT2D eigenvalue weighted by molar-refractivity contribution is -0.384.